The third-order valence-electron chi connectivity index (χ3n) is 19.2. The second kappa shape index (κ2) is 30.5. The molecule has 4 saturated heterocycles. The van der Waals surface area contributed by atoms with Gasteiger partial charge in [0.1, 0.15) is 0 Å². The SMILES string of the molecule is CC1CCC(CCCCCCCCCC(CCCCCCCCCC2CCC3OC3C2)(CCCCCCCCCC2CCC3OC3C2)CCCCCCCCCC2CCC3OC3C2)CO1. The summed E-state index contributed by atoms with van der Waals surface area (Å²) in [4.78, 5) is 0. The smallest absolute Gasteiger partial charge is 0.0844 e. The number of hydrogen-bond acceptors (Lipinski definition) is 4. The van der Waals surface area contributed by atoms with Crippen LogP contribution in [0.3, 0.4) is 0 Å². The van der Waals surface area contributed by atoms with E-state index in [1.807, 2.05) is 0 Å². The first-order valence-corrected chi connectivity index (χ1v) is 30.7. The molecule has 0 aromatic heterocycles. The number of ether oxygens (including phenoxy) is 4. The average molecular weight is 908 g/mol. The van der Waals surface area contributed by atoms with Gasteiger partial charge in [0.05, 0.1) is 42.7 Å². The zero-order valence-electron chi connectivity index (χ0n) is 43.4. The Hall–Kier alpha value is -0.160. The van der Waals surface area contributed by atoms with Crippen molar-refractivity contribution in [2.45, 2.75) is 351 Å². The van der Waals surface area contributed by atoms with E-state index in [0.29, 0.717) is 48.1 Å². The Labute approximate surface area is 404 Å². The van der Waals surface area contributed by atoms with Crippen LogP contribution in [0.25, 0.3) is 0 Å². The van der Waals surface area contributed by atoms with E-state index in [-0.39, 0.29) is 0 Å². The van der Waals surface area contributed by atoms with Gasteiger partial charge in [0.2, 0.25) is 0 Å². The van der Waals surface area contributed by atoms with Crippen LogP contribution in [-0.2, 0) is 18.9 Å². The number of rotatable bonds is 40. The van der Waals surface area contributed by atoms with E-state index < -0.39 is 0 Å². The van der Waals surface area contributed by atoms with Gasteiger partial charge >= 0.3 is 0 Å². The number of fused-ring (bicyclic) bond motifs is 3. The first-order valence-electron chi connectivity index (χ1n) is 30.7. The molecule has 0 aromatic rings. The Balaban J connectivity index is 0.788. The molecule has 7 fully saturated rings. The highest BCUT2D eigenvalue weighted by Crippen LogP contribution is 2.45. The quantitative estimate of drug-likeness (QED) is 0.0454. The van der Waals surface area contributed by atoms with Crippen LogP contribution in [0, 0.1) is 29.1 Å². The summed E-state index contributed by atoms with van der Waals surface area (Å²) >= 11 is 0. The van der Waals surface area contributed by atoms with E-state index in [0.717, 1.165) is 30.3 Å². The summed E-state index contributed by atoms with van der Waals surface area (Å²) in [5, 5.41) is 0. The number of epoxide rings is 3. The highest BCUT2D eigenvalue weighted by molar-refractivity contribution is 4.93. The van der Waals surface area contributed by atoms with Crippen molar-refractivity contribution in [1.82, 2.24) is 0 Å². The van der Waals surface area contributed by atoms with Gasteiger partial charge in [0.25, 0.3) is 0 Å². The molecular weight excluding hydrogens is 797 g/mol. The van der Waals surface area contributed by atoms with Gasteiger partial charge in [-0.15, -0.1) is 0 Å². The van der Waals surface area contributed by atoms with Gasteiger partial charge in [-0.05, 0) is 139 Å². The second-order valence-corrected chi connectivity index (χ2v) is 24.8. The molecule has 4 heteroatoms. The third-order valence-corrected chi connectivity index (χ3v) is 19.2. The lowest BCUT2D eigenvalue weighted by Gasteiger charge is -2.35. The van der Waals surface area contributed by atoms with Crippen LogP contribution in [0.5, 0.6) is 0 Å². The maximum Gasteiger partial charge on any atom is 0.0844 e. The average Bonchev–Trinajstić information content (AvgIpc) is 4.23. The van der Waals surface area contributed by atoms with Gasteiger partial charge in [-0.3, -0.25) is 0 Å². The lowest BCUT2D eigenvalue weighted by atomic mass is 9.70. The lowest BCUT2D eigenvalue weighted by molar-refractivity contribution is -0.00768. The van der Waals surface area contributed by atoms with Crippen molar-refractivity contribution in [2.24, 2.45) is 29.1 Å². The van der Waals surface area contributed by atoms with Gasteiger partial charge in [-0.25, -0.2) is 0 Å². The van der Waals surface area contributed by atoms with E-state index in [1.54, 1.807) is 0 Å². The molecule has 11 unspecified atom stereocenters. The topological polar surface area (TPSA) is 46.8 Å². The van der Waals surface area contributed by atoms with Gasteiger partial charge in [-0.2, -0.15) is 0 Å². The predicted molar refractivity (Wildman–Crippen MR) is 275 cm³/mol. The molecule has 0 spiro atoms. The van der Waals surface area contributed by atoms with E-state index in [4.69, 9.17) is 18.9 Å². The highest BCUT2D eigenvalue weighted by Gasteiger charge is 2.45. The second-order valence-electron chi connectivity index (χ2n) is 24.8. The zero-order chi connectivity index (χ0) is 44.6. The van der Waals surface area contributed by atoms with E-state index in [1.165, 1.54) is 302 Å². The molecule has 7 aliphatic rings. The minimum Gasteiger partial charge on any atom is -0.378 e. The van der Waals surface area contributed by atoms with Crippen LogP contribution in [0.4, 0.5) is 0 Å². The fourth-order valence-electron chi connectivity index (χ4n) is 14.4. The molecule has 0 aromatic carbocycles. The molecule has 0 amide bonds. The molecular formula is C61H110O4. The summed E-state index contributed by atoms with van der Waals surface area (Å²) in [5.74, 6) is 3.75. The molecule has 7 rings (SSSR count). The van der Waals surface area contributed by atoms with Gasteiger partial charge in [0, 0.05) is 6.61 Å². The molecule has 0 radical (unpaired) electrons. The normalized spacial score (nSPS) is 32.4. The van der Waals surface area contributed by atoms with Crippen molar-refractivity contribution >= 4 is 0 Å². The summed E-state index contributed by atoms with van der Waals surface area (Å²) in [7, 11) is 0. The molecule has 11 atom stereocenters. The van der Waals surface area contributed by atoms with Gasteiger partial charge < -0.3 is 18.9 Å². The molecule has 0 N–H and O–H groups in total. The summed E-state index contributed by atoms with van der Waals surface area (Å²) < 4.78 is 23.4. The van der Waals surface area contributed by atoms with Gasteiger partial charge in [0.15, 0.2) is 0 Å². The van der Waals surface area contributed by atoms with Crippen LogP contribution < -0.4 is 0 Å². The summed E-state index contributed by atoms with van der Waals surface area (Å²) in [6.07, 6.45) is 72.9. The van der Waals surface area contributed by atoms with Crippen LogP contribution >= 0.6 is 0 Å². The Kier molecular flexibility index (Phi) is 24.7. The highest BCUT2D eigenvalue weighted by atomic mass is 16.6. The standard InChI is InChI=1S/C61H110O4/c1-50-34-35-54(49-62-50)33-25-17-9-5-13-21-29-45-61(42-26-18-10-2-6-14-22-30-51-36-39-55-58(46-51)63-55,43-27-19-11-3-7-15-23-31-52-37-40-56-59(47-52)64-56)44-28-20-12-4-8-16-24-32-53-38-41-57-60(48-53)65-57/h50-60H,2-49H2,1H3. The first-order chi connectivity index (χ1) is 32.1. The Morgan fingerprint density at radius 3 is 0.862 bits per heavy atom. The van der Waals surface area contributed by atoms with E-state index >= 15 is 0 Å². The summed E-state index contributed by atoms with van der Waals surface area (Å²) in [5.41, 5.74) is 0.623. The molecule has 0 bridgehead atoms. The maximum atomic E-state index is 5.96. The molecule has 4 aliphatic heterocycles. The van der Waals surface area contributed by atoms with Crippen LogP contribution in [0.15, 0.2) is 0 Å². The van der Waals surface area contributed by atoms with Crippen LogP contribution in [-0.4, -0.2) is 49.3 Å². The van der Waals surface area contributed by atoms with Crippen LogP contribution in [0.1, 0.15) is 309 Å². The van der Waals surface area contributed by atoms with Crippen LogP contribution in [0.2, 0.25) is 0 Å². The Morgan fingerprint density at radius 1 is 0.292 bits per heavy atom. The predicted octanol–water partition coefficient (Wildman–Crippen LogP) is 18.5. The third kappa shape index (κ3) is 21.4. The Morgan fingerprint density at radius 2 is 0.569 bits per heavy atom. The largest absolute Gasteiger partial charge is 0.378 e. The van der Waals surface area contributed by atoms with E-state index in [2.05, 4.69) is 6.92 Å². The summed E-state index contributed by atoms with van der Waals surface area (Å²) in [6, 6.07) is 0. The fourth-order valence-corrected chi connectivity index (χ4v) is 14.4. The zero-order valence-corrected chi connectivity index (χ0v) is 43.4. The summed E-state index contributed by atoms with van der Waals surface area (Å²) in [6.45, 7) is 3.27. The molecule has 4 heterocycles. The lowest BCUT2D eigenvalue weighted by Crippen LogP contribution is -2.23. The Bertz CT molecular complexity index is 1080. The molecule has 3 aliphatic carbocycles. The molecule has 3 saturated carbocycles. The monoisotopic (exact) mass is 907 g/mol. The minimum atomic E-state index is 0.498. The van der Waals surface area contributed by atoms with Crippen molar-refractivity contribution < 1.29 is 18.9 Å². The minimum absolute atomic E-state index is 0.498. The van der Waals surface area contributed by atoms with Gasteiger partial charge in [-0.1, -0.05) is 199 Å². The molecule has 4 nitrogen and oxygen atoms in total. The van der Waals surface area contributed by atoms with E-state index in [9.17, 15) is 0 Å². The molecule has 65 heavy (non-hydrogen) atoms. The van der Waals surface area contributed by atoms with Crippen molar-refractivity contribution in [2.75, 3.05) is 6.61 Å². The first kappa shape index (κ1) is 52.7. The maximum absolute atomic E-state index is 5.96. The van der Waals surface area contributed by atoms with Crippen molar-refractivity contribution in [1.29, 1.82) is 0 Å². The molecule has 378 valence electrons. The number of unbranched alkanes of at least 4 members (excludes halogenated alkanes) is 24. The van der Waals surface area contributed by atoms with Crippen molar-refractivity contribution in [3.8, 4) is 0 Å². The fraction of sp³-hybridized carbons (Fsp3) is 1.00. The van der Waals surface area contributed by atoms with Crippen molar-refractivity contribution in [3.63, 3.8) is 0 Å². The number of hydrogen-bond donors (Lipinski definition) is 0. The van der Waals surface area contributed by atoms with Crippen molar-refractivity contribution in [3.05, 3.63) is 0 Å².